The van der Waals surface area contributed by atoms with E-state index in [1.807, 2.05) is 54.6 Å². The molecule has 7 aromatic rings. The van der Waals surface area contributed by atoms with Crippen molar-refractivity contribution in [2.24, 2.45) is 0 Å². The molecule has 0 N–H and O–H groups in total. The first-order valence-electron chi connectivity index (χ1n) is 11.8. The lowest BCUT2D eigenvalue weighted by atomic mass is 9.92. The lowest BCUT2D eigenvalue weighted by Crippen LogP contribution is -1.93. The molecule has 0 atom stereocenters. The van der Waals surface area contributed by atoms with Gasteiger partial charge in [-0.25, -0.2) is 9.97 Å². The van der Waals surface area contributed by atoms with Crippen LogP contribution in [0.15, 0.2) is 120 Å². The lowest BCUT2D eigenvalue weighted by molar-refractivity contribution is 0.670. The van der Waals surface area contributed by atoms with Gasteiger partial charge in [0, 0.05) is 27.5 Å². The van der Waals surface area contributed by atoms with Crippen LogP contribution in [-0.2, 0) is 0 Å². The van der Waals surface area contributed by atoms with E-state index in [1.165, 1.54) is 0 Å². The van der Waals surface area contributed by atoms with Crippen LogP contribution in [0.4, 0.5) is 0 Å². The minimum atomic E-state index is 0.228. The maximum absolute atomic E-state index is 6.40. The van der Waals surface area contributed by atoms with Crippen LogP contribution in [0.1, 0.15) is 0 Å². The van der Waals surface area contributed by atoms with Gasteiger partial charge in [0.25, 0.3) is 0 Å². The summed E-state index contributed by atoms with van der Waals surface area (Å²) in [6, 6.07) is 39.2. The van der Waals surface area contributed by atoms with E-state index in [9.17, 15) is 0 Å². The molecule has 0 saturated carbocycles. The fourth-order valence-electron chi connectivity index (χ4n) is 5.03. The van der Waals surface area contributed by atoms with E-state index in [0.717, 1.165) is 66.4 Å². The maximum atomic E-state index is 6.40. The van der Waals surface area contributed by atoms with Crippen LogP contribution in [0.2, 0.25) is 5.28 Å². The van der Waals surface area contributed by atoms with Gasteiger partial charge in [-0.15, -0.1) is 0 Å². The molecule has 2 aromatic heterocycles. The summed E-state index contributed by atoms with van der Waals surface area (Å²) in [5.41, 5.74) is 7.56. The van der Waals surface area contributed by atoms with Gasteiger partial charge in [0.1, 0.15) is 11.2 Å². The number of halogens is 1. The predicted octanol–water partition coefficient (Wildman–Crippen LogP) is 9.18. The zero-order chi connectivity index (χ0) is 24.1. The smallest absolute Gasteiger partial charge is 0.223 e. The van der Waals surface area contributed by atoms with E-state index in [1.54, 1.807) is 0 Å². The van der Waals surface area contributed by atoms with Gasteiger partial charge in [-0.3, -0.25) is 0 Å². The molecule has 0 aliphatic carbocycles. The molecule has 0 amide bonds. The Balaban J connectivity index is 1.46. The van der Waals surface area contributed by atoms with Gasteiger partial charge in [0.05, 0.1) is 11.4 Å². The van der Waals surface area contributed by atoms with E-state index in [2.05, 4.69) is 70.6 Å². The molecule has 7 rings (SSSR count). The van der Waals surface area contributed by atoms with E-state index in [0.29, 0.717) is 0 Å². The molecule has 0 unspecified atom stereocenters. The highest BCUT2D eigenvalue weighted by Gasteiger charge is 2.16. The predicted molar refractivity (Wildman–Crippen MR) is 148 cm³/mol. The van der Waals surface area contributed by atoms with E-state index >= 15 is 0 Å². The third-order valence-electron chi connectivity index (χ3n) is 6.66. The molecular formula is C32H19ClN2O. The number of rotatable bonds is 3. The number of aromatic nitrogens is 2. The van der Waals surface area contributed by atoms with Crippen LogP contribution in [0.3, 0.4) is 0 Å². The maximum Gasteiger partial charge on any atom is 0.223 e. The number of benzene rings is 5. The van der Waals surface area contributed by atoms with Crippen molar-refractivity contribution in [1.82, 2.24) is 9.97 Å². The molecule has 170 valence electrons. The Morgan fingerprint density at radius 1 is 0.500 bits per heavy atom. The summed E-state index contributed by atoms with van der Waals surface area (Å²) in [6.07, 6.45) is 0. The van der Waals surface area contributed by atoms with Gasteiger partial charge >= 0.3 is 0 Å². The van der Waals surface area contributed by atoms with Gasteiger partial charge in [0.2, 0.25) is 5.28 Å². The topological polar surface area (TPSA) is 38.9 Å². The zero-order valence-corrected chi connectivity index (χ0v) is 19.9. The lowest BCUT2D eigenvalue weighted by Gasteiger charge is -2.13. The highest BCUT2D eigenvalue weighted by molar-refractivity contribution is 6.28. The monoisotopic (exact) mass is 482 g/mol. The summed E-state index contributed by atoms with van der Waals surface area (Å²) in [4.78, 5) is 9.07. The highest BCUT2D eigenvalue weighted by atomic mass is 35.5. The molecule has 5 aromatic carbocycles. The summed E-state index contributed by atoms with van der Waals surface area (Å²) in [5.74, 6) is 0. The van der Waals surface area contributed by atoms with E-state index < -0.39 is 0 Å². The number of hydrogen-bond acceptors (Lipinski definition) is 3. The highest BCUT2D eigenvalue weighted by Crippen LogP contribution is 2.41. The second kappa shape index (κ2) is 8.33. The average Bonchev–Trinajstić information content (AvgIpc) is 3.32. The minimum absolute atomic E-state index is 0.228. The standard InChI is InChI=1S/C32H19ClN2O/c33-32-34-28(20-9-2-1-3-10-20)19-29(35-32)24-18-17-23(21-11-4-5-12-22(21)24)26-14-8-15-27-25-13-6-7-16-30(25)36-31(26)27/h1-19H. The molecule has 0 aliphatic heterocycles. The number of furan rings is 1. The summed E-state index contributed by atoms with van der Waals surface area (Å²) in [6.45, 7) is 0. The summed E-state index contributed by atoms with van der Waals surface area (Å²) < 4.78 is 6.34. The van der Waals surface area contributed by atoms with Crippen LogP contribution < -0.4 is 0 Å². The van der Waals surface area contributed by atoms with E-state index in [4.69, 9.17) is 16.0 Å². The first kappa shape index (κ1) is 20.9. The van der Waals surface area contributed by atoms with E-state index in [-0.39, 0.29) is 5.28 Å². The normalized spacial score (nSPS) is 11.5. The molecule has 0 bridgehead atoms. The molecule has 0 saturated heterocycles. The molecule has 0 spiro atoms. The summed E-state index contributed by atoms with van der Waals surface area (Å²) >= 11 is 6.40. The van der Waals surface area contributed by atoms with Gasteiger partial charge in [-0.2, -0.15) is 0 Å². The van der Waals surface area contributed by atoms with Crippen molar-refractivity contribution >= 4 is 44.3 Å². The molecule has 0 radical (unpaired) electrons. The van der Waals surface area contributed by atoms with Crippen LogP contribution in [0.5, 0.6) is 0 Å². The Hall–Kier alpha value is -4.47. The van der Waals surface area contributed by atoms with Gasteiger partial charge < -0.3 is 4.42 Å². The summed E-state index contributed by atoms with van der Waals surface area (Å²) in [5, 5.41) is 4.69. The fourth-order valence-corrected chi connectivity index (χ4v) is 5.21. The molecular weight excluding hydrogens is 464 g/mol. The molecule has 4 heteroatoms. The zero-order valence-electron chi connectivity index (χ0n) is 19.2. The molecule has 0 aliphatic rings. The fraction of sp³-hybridized carbons (Fsp3) is 0. The molecule has 2 heterocycles. The molecule has 0 fully saturated rings. The van der Waals surface area contributed by atoms with Crippen LogP contribution in [0.25, 0.3) is 66.4 Å². The first-order chi connectivity index (χ1) is 17.8. The molecule has 3 nitrogen and oxygen atoms in total. The third kappa shape index (κ3) is 3.36. The quantitative estimate of drug-likeness (QED) is 0.235. The SMILES string of the molecule is Clc1nc(-c2ccccc2)cc(-c2ccc(-c3cccc4c3oc3ccccc34)c3ccccc23)n1. The van der Waals surface area contributed by atoms with Crippen molar-refractivity contribution in [3.05, 3.63) is 121 Å². The Labute approximate surface area is 212 Å². The van der Waals surface area contributed by atoms with Crippen LogP contribution in [0, 0.1) is 0 Å². The number of nitrogens with zero attached hydrogens (tertiary/aromatic N) is 2. The Morgan fingerprint density at radius 3 is 1.97 bits per heavy atom. The van der Waals surface area contributed by atoms with Gasteiger partial charge in [-0.1, -0.05) is 103 Å². The largest absolute Gasteiger partial charge is 0.455 e. The second-order valence-corrected chi connectivity index (χ2v) is 9.10. The van der Waals surface area contributed by atoms with Crippen molar-refractivity contribution in [2.75, 3.05) is 0 Å². The third-order valence-corrected chi connectivity index (χ3v) is 6.83. The number of fused-ring (bicyclic) bond motifs is 4. The van der Waals surface area contributed by atoms with Gasteiger partial charge in [-0.05, 0) is 40.1 Å². The summed E-state index contributed by atoms with van der Waals surface area (Å²) in [7, 11) is 0. The number of para-hydroxylation sites is 2. The van der Waals surface area contributed by atoms with Crippen molar-refractivity contribution < 1.29 is 4.42 Å². The van der Waals surface area contributed by atoms with Crippen molar-refractivity contribution in [2.45, 2.75) is 0 Å². The molecule has 36 heavy (non-hydrogen) atoms. The first-order valence-corrected chi connectivity index (χ1v) is 12.2. The Kier molecular flexibility index (Phi) is 4.83. The minimum Gasteiger partial charge on any atom is -0.455 e. The number of hydrogen-bond donors (Lipinski definition) is 0. The van der Waals surface area contributed by atoms with Gasteiger partial charge in [0.15, 0.2) is 0 Å². The Bertz CT molecular complexity index is 1910. The average molecular weight is 483 g/mol. The van der Waals surface area contributed by atoms with Crippen molar-refractivity contribution in [3.63, 3.8) is 0 Å². The second-order valence-electron chi connectivity index (χ2n) is 8.76. The Morgan fingerprint density at radius 2 is 1.14 bits per heavy atom. The van der Waals surface area contributed by atoms with Crippen LogP contribution in [-0.4, -0.2) is 9.97 Å². The van der Waals surface area contributed by atoms with Crippen LogP contribution >= 0.6 is 11.6 Å². The van der Waals surface area contributed by atoms with Crippen molar-refractivity contribution in [3.8, 4) is 33.6 Å². The van der Waals surface area contributed by atoms with Crippen molar-refractivity contribution in [1.29, 1.82) is 0 Å².